The average molecular weight is 260 g/mol. The van der Waals surface area contributed by atoms with E-state index in [2.05, 4.69) is 18.3 Å². The van der Waals surface area contributed by atoms with E-state index in [1.165, 1.54) is 11.1 Å². The number of nitrogens with two attached hydrogens (primary N) is 1. The van der Waals surface area contributed by atoms with E-state index in [-0.39, 0.29) is 11.9 Å². The van der Waals surface area contributed by atoms with Crippen molar-refractivity contribution in [2.24, 2.45) is 5.73 Å². The van der Waals surface area contributed by atoms with E-state index in [9.17, 15) is 4.79 Å². The molecular formula is C15H20N2O2. The van der Waals surface area contributed by atoms with Crippen molar-refractivity contribution < 1.29 is 9.21 Å². The van der Waals surface area contributed by atoms with Gasteiger partial charge < -0.3 is 15.5 Å². The van der Waals surface area contributed by atoms with Crippen molar-refractivity contribution in [1.82, 2.24) is 5.32 Å². The summed E-state index contributed by atoms with van der Waals surface area (Å²) in [5.74, 6) is -0.0288. The normalized spacial score (nSPS) is 12.6. The van der Waals surface area contributed by atoms with Gasteiger partial charge in [-0.3, -0.25) is 4.79 Å². The molecule has 0 fully saturated rings. The molecule has 4 heteroatoms. The average Bonchev–Trinajstić information content (AvgIpc) is 2.72. The number of nitrogens with one attached hydrogen (secondary N) is 1. The lowest BCUT2D eigenvalue weighted by Gasteiger charge is -2.10. The Morgan fingerprint density at radius 1 is 1.37 bits per heavy atom. The first-order valence-corrected chi connectivity index (χ1v) is 6.48. The second-order valence-electron chi connectivity index (χ2n) is 5.07. The lowest BCUT2D eigenvalue weighted by molar-refractivity contribution is -0.120. The first-order valence-electron chi connectivity index (χ1n) is 6.48. The first-order chi connectivity index (χ1) is 9.01. The van der Waals surface area contributed by atoms with Gasteiger partial charge in [-0.1, -0.05) is 0 Å². The van der Waals surface area contributed by atoms with Gasteiger partial charge in [0.2, 0.25) is 5.91 Å². The van der Waals surface area contributed by atoms with Crippen molar-refractivity contribution in [3.8, 4) is 0 Å². The summed E-state index contributed by atoms with van der Waals surface area (Å²) in [6, 6.07) is 4.08. The molecule has 1 aromatic carbocycles. The second kappa shape index (κ2) is 5.45. The van der Waals surface area contributed by atoms with Gasteiger partial charge >= 0.3 is 0 Å². The minimum Gasteiger partial charge on any atom is -0.464 e. The zero-order valence-corrected chi connectivity index (χ0v) is 11.6. The van der Waals surface area contributed by atoms with Crippen LogP contribution in [0, 0.1) is 13.8 Å². The van der Waals surface area contributed by atoms with E-state index in [0.717, 1.165) is 16.5 Å². The zero-order valence-electron chi connectivity index (χ0n) is 11.6. The van der Waals surface area contributed by atoms with Crippen molar-refractivity contribution >= 4 is 16.9 Å². The third-order valence-electron chi connectivity index (χ3n) is 3.38. The number of benzene rings is 1. The van der Waals surface area contributed by atoms with Crippen LogP contribution in [-0.2, 0) is 11.2 Å². The SMILES string of the molecule is Cc1cc2occ(CC(=O)N[C@@H](C)CN)c2cc1C. The molecule has 0 spiro atoms. The Morgan fingerprint density at radius 2 is 2.05 bits per heavy atom. The number of rotatable bonds is 4. The van der Waals surface area contributed by atoms with Gasteiger partial charge in [0.15, 0.2) is 0 Å². The highest BCUT2D eigenvalue weighted by molar-refractivity contribution is 5.88. The summed E-state index contributed by atoms with van der Waals surface area (Å²) in [5.41, 5.74) is 9.62. The molecule has 1 atom stereocenters. The summed E-state index contributed by atoms with van der Waals surface area (Å²) < 4.78 is 5.51. The zero-order chi connectivity index (χ0) is 14.0. The third-order valence-corrected chi connectivity index (χ3v) is 3.38. The lowest BCUT2D eigenvalue weighted by Crippen LogP contribution is -2.38. The van der Waals surface area contributed by atoms with E-state index >= 15 is 0 Å². The maximum atomic E-state index is 11.9. The van der Waals surface area contributed by atoms with Gasteiger partial charge in [-0.05, 0) is 44.0 Å². The van der Waals surface area contributed by atoms with Crippen LogP contribution in [0.4, 0.5) is 0 Å². The van der Waals surface area contributed by atoms with Crippen LogP contribution in [0.2, 0.25) is 0 Å². The molecule has 0 aliphatic rings. The Morgan fingerprint density at radius 3 is 2.74 bits per heavy atom. The maximum Gasteiger partial charge on any atom is 0.224 e. The number of carbonyl (C=O) groups is 1. The molecule has 102 valence electrons. The number of furan rings is 1. The Hall–Kier alpha value is -1.81. The molecule has 0 radical (unpaired) electrons. The van der Waals surface area contributed by atoms with Crippen LogP contribution in [0.5, 0.6) is 0 Å². The van der Waals surface area contributed by atoms with E-state index in [1.54, 1.807) is 6.26 Å². The van der Waals surface area contributed by atoms with Crippen molar-refractivity contribution in [3.05, 3.63) is 35.1 Å². The fraction of sp³-hybridized carbons (Fsp3) is 0.400. The molecule has 1 aromatic heterocycles. The second-order valence-corrected chi connectivity index (χ2v) is 5.07. The Balaban J connectivity index is 2.22. The standard InChI is InChI=1S/C15H20N2O2/c1-9-4-13-12(6-15(18)17-11(3)7-16)8-19-14(13)5-10(9)2/h4-5,8,11H,6-7,16H2,1-3H3,(H,17,18)/t11-/m0/s1. The fourth-order valence-corrected chi connectivity index (χ4v) is 2.03. The number of carbonyl (C=O) groups excluding carboxylic acids is 1. The van der Waals surface area contributed by atoms with E-state index in [4.69, 9.17) is 10.2 Å². The Kier molecular flexibility index (Phi) is 3.90. The quantitative estimate of drug-likeness (QED) is 0.884. The van der Waals surface area contributed by atoms with Gasteiger partial charge in [-0.2, -0.15) is 0 Å². The van der Waals surface area contributed by atoms with E-state index in [1.807, 2.05) is 19.9 Å². The summed E-state index contributed by atoms with van der Waals surface area (Å²) in [6.07, 6.45) is 1.98. The van der Waals surface area contributed by atoms with Crippen LogP contribution in [0.1, 0.15) is 23.6 Å². The predicted octanol–water partition coefficient (Wildman–Crippen LogP) is 2.06. The van der Waals surface area contributed by atoms with Crippen molar-refractivity contribution in [2.45, 2.75) is 33.2 Å². The highest BCUT2D eigenvalue weighted by Crippen LogP contribution is 2.25. The minimum atomic E-state index is -0.0288. The van der Waals surface area contributed by atoms with Crippen molar-refractivity contribution in [2.75, 3.05) is 6.54 Å². The van der Waals surface area contributed by atoms with Gasteiger partial charge in [0, 0.05) is 23.5 Å². The molecule has 1 amide bonds. The molecule has 2 aromatic rings. The van der Waals surface area contributed by atoms with Gasteiger partial charge in [0.1, 0.15) is 5.58 Å². The smallest absolute Gasteiger partial charge is 0.224 e. The van der Waals surface area contributed by atoms with Crippen LogP contribution >= 0.6 is 0 Å². The van der Waals surface area contributed by atoms with Gasteiger partial charge in [0.25, 0.3) is 0 Å². The van der Waals surface area contributed by atoms with Crippen LogP contribution in [-0.4, -0.2) is 18.5 Å². The molecule has 3 N–H and O–H groups in total. The molecule has 0 aliphatic heterocycles. The molecule has 0 aliphatic carbocycles. The molecule has 0 saturated carbocycles. The highest BCUT2D eigenvalue weighted by Gasteiger charge is 2.12. The topological polar surface area (TPSA) is 68.3 Å². The molecule has 2 rings (SSSR count). The molecule has 0 saturated heterocycles. The van der Waals surface area contributed by atoms with Crippen molar-refractivity contribution in [3.63, 3.8) is 0 Å². The summed E-state index contributed by atoms with van der Waals surface area (Å²) in [7, 11) is 0. The summed E-state index contributed by atoms with van der Waals surface area (Å²) >= 11 is 0. The molecule has 0 unspecified atom stereocenters. The van der Waals surface area contributed by atoms with Gasteiger partial charge in [0.05, 0.1) is 12.7 Å². The van der Waals surface area contributed by atoms with E-state index in [0.29, 0.717) is 13.0 Å². The molecule has 19 heavy (non-hydrogen) atoms. The van der Waals surface area contributed by atoms with E-state index < -0.39 is 0 Å². The van der Waals surface area contributed by atoms with Crippen molar-refractivity contribution in [1.29, 1.82) is 0 Å². The third kappa shape index (κ3) is 2.96. The fourth-order valence-electron chi connectivity index (χ4n) is 2.03. The van der Waals surface area contributed by atoms with Crippen LogP contribution in [0.3, 0.4) is 0 Å². The first kappa shape index (κ1) is 13.6. The molecule has 1 heterocycles. The van der Waals surface area contributed by atoms with Crippen LogP contribution < -0.4 is 11.1 Å². The van der Waals surface area contributed by atoms with Crippen LogP contribution in [0.15, 0.2) is 22.8 Å². The Labute approximate surface area is 113 Å². The molecule has 0 bridgehead atoms. The number of amides is 1. The number of aryl methyl sites for hydroxylation is 2. The summed E-state index contributed by atoms with van der Waals surface area (Å²) in [6.45, 7) is 6.43. The van der Waals surface area contributed by atoms with Crippen LogP contribution in [0.25, 0.3) is 11.0 Å². The minimum absolute atomic E-state index is 0.00496. The largest absolute Gasteiger partial charge is 0.464 e. The monoisotopic (exact) mass is 260 g/mol. The highest BCUT2D eigenvalue weighted by atomic mass is 16.3. The molecule has 4 nitrogen and oxygen atoms in total. The predicted molar refractivity (Wildman–Crippen MR) is 76.1 cm³/mol. The number of hydrogen-bond acceptors (Lipinski definition) is 3. The number of hydrogen-bond donors (Lipinski definition) is 2. The number of fused-ring (bicyclic) bond motifs is 1. The lowest BCUT2D eigenvalue weighted by atomic mass is 10.0. The van der Waals surface area contributed by atoms with Gasteiger partial charge in [-0.15, -0.1) is 0 Å². The summed E-state index contributed by atoms with van der Waals surface area (Å²) in [4.78, 5) is 11.9. The molecular weight excluding hydrogens is 240 g/mol. The van der Waals surface area contributed by atoms with Gasteiger partial charge in [-0.25, -0.2) is 0 Å². The summed E-state index contributed by atoms with van der Waals surface area (Å²) in [5, 5.41) is 3.87. The maximum absolute atomic E-state index is 11.9. The Bertz CT molecular complexity index is 601.